The van der Waals surface area contributed by atoms with E-state index in [0.29, 0.717) is 18.9 Å². The Bertz CT molecular complexity index is 889. The molecule has 32 heavy (non-hydrogen) atoms. The summed E-state index contributed by atoms with van der Waals surface area (Å²) in [4.78, 5) is 29.5. The number of nitrogens with one attached hydrogen (secondary N) is 1. The highest BCUT2D eigenvalue weighted by atomic mass is 16.2. The Morgan fingerprint density at radius 3 is 2.31 bits per heavy atom. The molecule has 4 rings (SSSR count). The van der Waals surface area contributed by atoms with Gasteiger partial charge in [0.05, 0.1) is 0 Å². The van der Waals surface area contributed by atoms with Crippen molar-refractivity contribution in [3.8, 4) is 0 Å². The summed E-state index contributed by atoms with van der Waals surface area (Å²) in [5.41, 5.74) is 3.38. The molecule has 0 aromatic heterocycles. The van der Waals surface area contributed by atoms with Crippen molar-refractivity contribution in [2.45, 2.75) is 45.4 Å². The standard InChI is InChI=1S/C27H35N3O2/c1-21-9-11-25(12-10-21)28-27(32)30-15-5-8-24(20-30)19-26(31)29-16-13-23(14-17-29)18-22-6-3-2-4-7-22/h2-4,6-7,9-12,23-24H,5,8,13-20H2,1H3,(H,28,32)/t24-/m0/s1. The van der Waals surface area contributed by atoms with E-state index in [4.69, 9.17) is 0 Å². The van der Waals surface area contributed by atoms with Crippen LogP contribution < -0.4 is 5.32 Å². The van der Waals surface area contributed by atoms with Crippen molar-refractivity contribution < 1.29 is 9.59 Å². The van der Waals surface area contributed by atoms with Crippen molar-refractivity contribution in [2.24, 2.45) is 11.8 Å². The van der Waals surface area contributed by atoms with E-state index in [1.54, 1.807) is 0 Å². The van der Waals surface area contributed by atoms with Crippen molar-refractivity contribution >= 4 is 17.6 Å². The van der Waals surface area contributed by atoms with Crippen LogP contribution in [-0.4, -0.2) is 47.9 Å². The van der Waals surface area contributed by atoms with E-state index in [1.165, 1.54) is 11.1 Å². The van der Waals surface area contributed by atoms with Crippen molar-refractivity contribution in [2.75, 3.05) is 31.5 Å². The molecule has 0 spiro atoms. The molecule has 0 saturated carbocycles. The topological polar surface area (TPSA) is 52.7 Å². The summed E-state index contributed by atoms with van der Waals surface area (Å²) in [6.45, 7) is 5.17. The molecule has 2 aliphatic heterocycles. The predicted octanol–water partition coefficient (Wildman–Crippen LogP) is 5.11. The number of hydrogen-bond donors (Lipinski definition) is 1. The van der Waals surface area contributed by atoms with Crippen LogP contribution in [0.15, 0.2) is 54.6 Å². The summed E-state index contributed by atoms with van der Waals surface area (Å²) in [6.07, 6.45) is 5.80. The highest BCUT2D eigenvalue weighted by Gasteiger charge is 2.29. The maximum absolute atomic E-state index is 12.9. The highest BCUT2D eigenvalue weighted by molar-refractivity contribution is 5.89. The maximum atomic E-state index is 12.9. The fourth-order valence-electron chi connectivity index (χ4n) is 4.97. The Balaban J connectivity index is 1.22. The average Bonchev–Trinajstić information content (AvgIpc) is 2.82. The Kier molecular flexibility index (Phi) is 7.46. The van der Waals surface area contributed by atoms with Crippen LogP contribution in [-0.2, 0) is 11.2 Å². The van der Waals surface area contributed by atoms with Crippen LogP contribution in [0.1, 0.15) is 43.2 Å². The van der Waals surface area contributed by atoms with Gasteiger partial charge in [0.2, 0.25) is 5.91 Å². The number of benzene rings is 2. The van der Waals surface area contributed by atoms with Gasteiger partial charge < -0.3 is 15.1 Å². The van der Waals surface area contributed by atoms with Crippen LogP contribution in [0.2, 0.25) is 0 Å². The predicted molar refractivity (Wildman–Crippen MR) is 129 cm³/mol. The van der Waals surface area contributed by atoms with E-state index in [2.05, 4.69) is 35.6 Å². The summed E-state index contributed by atoms with van der Waals surface area (Å²) in [6, 6.07) is 18.4. The summed E-state index contributed by atoms with van der Waals surface area (Å²) < 4.78 is 0. The van der Waals surface area contributed by atoms with Gasteiger partial charge in [0.1, 0.15) is 0 Å². The van der Waals surface area contributed by atoms with Crippen LogP contribution in [0, 0.1) is 18.8 Å². The normalized spacial score (nSPS) is 19.6. The lowest BCUT2D eigenvalue weighted by Gasteiger charge is -2.36. The molecular weight excluding hydrogens is 398 g/mol. The summed E-state index contributed by atoms with van der Waals surface area (Å²) >= 11 is 0. The molecular formula is C27H35N3O2. The second-order valence-corrected chi connectivity index (χ2v) is 9.47. The molecule has 2 heterocycles. The van der Waals surface area contributed by atoms with Gasteiger partial charge in [-0.3, -0.25) is 4.79 Å². The van der Waals surface area contributed by atoms with Gasteiger partial charge in [-0.1, -0.05) is 48.0 Å². The molecule has 170 valence electrons. The number of urea groups is 1. The van der Waals surface area contributed by atoms with E-state index in [-0.39, 0.29) is 17.9 Å². The monoisotopic (exact) mass is 433 g/mol. The number of anilines is 1. The van der Waals surface area contributed by atoms with E-state index in [1.807, 2.05) is 41.0 Å². The van der Waals surface area contributed by atoms with Crippen LogP contribution in [0.4, 0.5) is 10.5 Å². The minimum atomic E-state index is -0.0623. The average molecular weight is 434 g/mol. The van der Waals surface area contributed by atoms with Crippen LogP contribution >= 0.6 is 0 Å². The van der Waals surface area contributed by atoms with Crippen molar-refractivity contribution in [1.82, 2.24) is 9.80 Å². The molecule has 1 atom stereocenters. The van der Waals surface area contributed by atoms with Gasteiger partial charge in [-0.2, -0.15) is 0 Å². The molecule has 0 aliphatic carbocycles. The third kappa shape index (κ3) is 6.12. The van der Waals surface area contributed by atoms with E-state index >= 15 is 0 Å². The number of nitrogens with zero attached hydrogens (tertiary/aromatic N) is 2. The Morgan fingerprint density at radius 2 is 1.59 bits per heavy atom. The van der Waals surface area contributed by atoms with Crippen LogP contribution in [0.5, 0.6) is 0 Å². The number of hydrogen-bond acceptors (Lipinski definition) is 2. The van der Waals surface area contributed by atoms with Gasteiger partial charge in [0.15, 0.2) is 0 Å². The molecule has 2 aliphatic rings. The molecule has 3 amide bonds. The zero-order chi connectivity index (χ0) is 22.3. The molecule has 1 N–H and O–H groups in total. The second-order valence-electron chi connectivity index (χ2n) is 9.47. The number of carbonyl (C=O) groups excluding carboxylic acids is 2. The van der Waals surface area contributed by atoms with E-state index in [9.17, 15) is 9.59 Å². The largest absolute Gasteiger partial charge is 0.343 e. The first kappa shape index (κ1) is 22.4. The van der Waals surface area contributed by atoms with Gasteiger partial charge in [0, 0.05) is 38.3 Å². The van der Waals surface area contributed by atoms with Crippen molar-refractivity contribution in [1.29, 1.82) is 0 Å². The summed E-state index contributed by atoms with van der Waals surface area (Å²) in [7, 11) is 0. The van der Waals surface area contributed by atoms with Gasteiger partial charge in [-0.15, -0.1) is 0 Å². The molecule has 0 bridgehead atoms. The fourth-order valence-corrected chi connectivity index (χ4v) is 4.97. The first-order valence-electron chi connectivity index (χ1n) is 12.0. The minimum absolute atomic E-state index is 0.0623. The summed E-state index contributed by atoms with van der Waals surface area (Å²) in [5.74, 6) is 1.17. The number of aryl methyl sites for hydroxylation is 1. The number of piperidine rings is 2. The number of amides is 3. The Hall–Kier alpha value is -2.82. The molecule has 2 aromatic rings. The number of rotatable bonds is 5. The Labute approximate surface area is 191 Å². The molecule has 0 radical (unpaired) electrons. The quantitative estimate of drug-likeness (QED) is 0.712. The van der Waals surface area contributed by atoms with Gasteiger partial charge >= 0.3 is 6.03 Å². The molecule has 0 unspecified atom stereocenters. The van der Waals surface area contributed by atoms with E-state index in [0.717, 1.165) is 57.4 Å². The SMILES string of the molecule is Cc1ccc(NC(=O)N2CCC[C@@H](CC(=O)N3CCC(Cc4ccccc4)CC3)C2)cc1. The van der Waals surface area contributed by atoms with Crippen LogP contribution in [0.3, 0.4) is 0 Å². The minimum Gasteiger partial charge on any atom is -0.343 e. The first-order valence-corrected chi connectivity index (χ1v) is 12.0. The first-order chi connectivity index (χ1) is 15.6. The summed E-state index contributed by atoms with van der Waals surface area (Å²) in [5, 5.41) is 2.99. The smallest absolute Gasteiger partial charge is 0.321 e. The van der Waals surface area contributed by atoms with Gasteiger partial charge in [-0.25, -0.2) is 4.79 Å². The van der Waals surface area contributed by atoms with Gasteiger partial charge in [0.25, 0.3) is 0 Å². The lowest BCUT2D eigenvalue weighted by atomic mass is 9.89. The van der Waals surface area contributed by atoms with Crippen molar-refractivity contribution in [3.05, 3.63) is 65.7 Å². The van der Waals surface area contributed by atoms with Crippen molar-refractivity contribution in [3.63, 3.8) is 0 Å². The third-order valence-corrected chi connectivity index (χ3v) is 6.91. The molecule has 2 fully saturated rings. The highest BCUT2D eigenvalue weighted by Crippen LogP contribution is 2.25. The zero-order valence-electron chi connectivity index (χ0n) is 19.1. The third-order valence-electron chi connectivity index (χ3n) is 6.91. The molecule has 2 aromatic carbocycles. The molecule has 5 heteroatoms. The maximum Gasteiger partial charge on any atom is 0.321 e. The number of likely N-dealkylation sites (tertiary alicyclic amines) is 2. The fraction of sp³-hybridized carbons (Fsp3) is 0.481. The van der Waals surface area contributed by atoms with Gasteiger partial charge in [-0.05, 0) is 68.6 Å². The number of carbonyl (C=O) groups is 2. The molecule has 5 nitrogen and oxygen atoms in total. The lowest BCUT2D eigenvalue weighted by Crippen LogP contribution is -2.45. The Morgan fingerprint density at radius 1 is 0.875 bits per heavy atom. The zero-order valence-corrected chi connectivity index (χ0v) is 19.1. The van der Waals surface area contributed by atoms with Crippen LogP contribution in [0.25, 0.3) is 0 Å². The molecule has 2 saturated heterocycles. The lowest BCUT2D eigenvalue weighted by molar-refractivity contribution is -0.134. The second kappa shape index (κ2) is 10.7. The van der Waals surface area contributed by atoms with E-state index < -0.39 is 0 Å².